The predicted molar refractivity (Wildman–Crippen MR) is 105 cm³/mol. The molecule has 0 amide bonds. The number of phenols is 1. The molecule has 130 valence electrons. The van der Waals surface area contributed by atoms with Gasteiger partial charge in [-0.15, -0.1) is 0 Å². The van der Waals surface area contributed by atoms with E-state index in [0.717, 1.165) is 32.1 Å². The lowest BCUT2D eigenvalue weighted by atomic mass is 9.51. The van der Waals surface area contributed by atoms with Gasteiger partial charge in [-0.25, -0.2) is 0 Å². The van der Waals surface area contributed by atoms with Gasteiger partial charge in [-0.1, -0.05) is 42.5 Å². The van der Waals surface area contributed by atoms with Crippen LogP contribution >= 0.6 is 22.6 Å². The Morgan fingerprint density at radius 2 is 2.04 bits per heavy atom. The predicted octanol–water partition coefficient (Wildman–Crippen LogP) is 5.17. The summed E-state index contributed by atoms with van der Waals surface area (Å²) in [5.41, 5.74) is 2.16. The smallest absolute Gasteiger partial charge is 0.115 e. The Labute approximate surface area is 158 Å². The third-order valence-electron chi connectivity index (χ3n) is 7.61. The summed E-state index contributed by atoms with van der Waals surface area (Å²) in [7, 11) is 0. The minimum atomic E-state index is -0.640. The Morgan fingerprint density at radius 1 is 1.25 bits per heavy atom. The molecular weight excluding hydrogens is 411 g/mol. The van der Waals surface area contributed by atoms with Crippen molar-refractivity contribution in [3.8, 4) is 5.75 Å². The van der Waals surface area contributed by atoms with E-state index >= 15 is 0 Å². The van der Waals surface area contributed by atoms with E-state index in [2.05, 4.69) is 42.5 Å². The van der Waals surface area contributed by atoms with Crippen LogP contribution in [0.5, 0.6) is 5.75 Å². The van der Waals surface area contributed by atoms with Crippen molar-refractivity contribution < 1.29 is 10.2 Å². The van der Waals surface area contributed by atoms with Gasteiger partial charge in [0.05, 0.1) is 5.60 Å². The second-order valence-corrected chi connectivity index (χ2v) is 9.29. The fourth-order valence-corrected chi connectivity index (χ4v) is 6.99. The highest BCUT2D eigenvalue weighted by atomic mass is 127. The van der Waals surface area contributed by atoms with Crippen LogP contribution in [-0.2, 0) is 6.42 Å². The molecule has 1 aromatic carbocycles. The number of hydrogen-bond donors (Lipinski definition) is 2. The zero-order chi connectivity index (χ0) is 17.1. The molecule has 0 aliphatic heterocycles. The van der Waals surface area contributed by atoms with Crippen molar-refractivity contribution >= 4 is 22.6 Å². The van der Waals surface area contributed by atoms with Crippen molar-refractivity contribution in [1.82, 2.24) is 0 Å². The molecule has 0 radical (unpaired) electrons. The number of benzene rings is 1. The zero-order valence-corrected chi connectivity index (χ0v) is 16.7. The fraction of sp³-hybridized carbons (Fsp3) is 0.619. The third kappa shape index (κ3) is 2.23. The van der Waals surface area contributed by atoms with Crippen LogP contribution in [0, 0.1) is 23.2 Å². The van der Waals surface area contributed by atoms with E-state index in [9.17, 15) is 10.2 Å². The minimum absolute atomic E-state index is 0.00147. The lowest BCUT2D eigenvalue weighted by Gasteiger charge is -2.54. The van der Waals surface area contributed by atoms with Crippen LogP contribution in [-0.4, -0.2) is 15.8 Å². The molecular formula is C21H27IO2. The molecule has 4 rings (SSSR count). The molecule has 3 heteroatoms. The molecule has 0 bridgehead atoms. The molecule has 3 aliphatic rings. The van der Waals surface area contributed by atoms with Gasteiger partial charge in [-0.2, -0.15) is 0 Å². The highest BCUT2D eigenvalue weighted by Gasteiger charge is 2.61. The van der Waals surface area contributed by atoms with Crippen LogP contribution in [0.4, 0.5) is 0 Å². The summed E-state index contributed by atoms with van der Waals surface area (Å²) >= 11 is 2.24. The number of fused-ring (bicyclic) bond motifs is 5. The molecule has 24 heavy (non-hydrogen) atoms. The highest BCUT2D eigenvalue weighted by Crippen LogP contribution is 2.65. The molecule has 2 saturated carbocycles. The summed E-state index contributed by atoms with van der Waals surface area (Å²) in [5, 5.41) is 21.2. The van der Waals surface area contributed by atoms with Crippen LogP contribution < -0.4 is 0 Å². The van der Waals surface area contributed by atoms with Crippen LogP contribution in [0.25, 0.3) is 0 Å². The number of aliphatic hydroxyl groups is 1. The molecule has 0 spiro atoms. The average Bonchev–Trinajstić information content (AvgIpc) is 2.79. The second kappa shape index (κ2) is 5.73. The number of aromatic hydroxyl groups is 1. The first-order valence-electron chi connectivity index (χ1n) is 9.22. The van der Waals surface area contributed by atoms with Gasteiger partial charge in [0.2, 0.25) is 0 Å². The van der Waals surface area contributed by atoms with Gasteiger partial charge >= 0.3 is 0 Å². The first-order chi connectivity index (χ1) is 11.4. The first kappa shape index (κ1) is 16.9. The number of phenolic OH excluding ortho intramolecular Hbond substituents is 1. The van der Waals surface area contributed by atoms with E-state index in [1.54, 1.807) is 0 Å². The normalized spacial score (nSPS) is 44.2. The lowest BCUT2D eigenvalue weighted by molar-refractivity contribution is -0.0789. The number of rotatable bonds is 1. The molecule has 2 N–H and O–H groups in total. The van der Waals surface area contributed by atoms with Gasteiger partial charge < -0.3 is 10.2 Å². The standard InChI is InChI=1S/C21H27IO2/c1-13-11-14-12-15(23)3-4-16(14)17-5-7-20(2)18(19(13)17)6-8-21(20,24)9-10-22/h3-4,9-10,12-13,17-19,23-24H,5-8,11H2,1-2H3/b10-9-/t13-,17-,18+,19-,20+,21-/m1/s1. The molecule has 6 atom stereocenters. The highest BCUT2D eigenvalue weighted by molar-refractivity contribution is 14.1. The van der Waals surface area contributed by atoms with Gasteiger partial charge in [-0.05, 0) is 89.2 Å². The van der Waals surface area contributed by atoms with Gasteiger partial charge in [0.15, 0.2) is 0 Å². The Bertz CT molecular complexity index is 684. The molecule has 0 unspecified atom stereocenters. The summed E-state index contributed by atoms with van der Waals surface area (Å²) in [5.74, 6) is 2.83. The Morgan fingerprint density at radius 3 is 2.79 bits per heavy atom. The Kier molecular flexibility index (Phi) is 4.03. The zero-order valence-electron chi connectivity index (χ0n) is 14.5. The molecule has 1 aromatic rings. The lowest BCUT2D eigenvalue weighted by Crippen LogP contribution is -2.51. The molecule has 2 nitrogen and oxygen atoms in total. The van der Waals surface area contributed by atoms with Crippen molar-refractivity contribution in [3.63, 3.8) is 0 Å². The summed E-state index contributed by atoms with van der Waals surface area (Å²) in [6.07, 6.45) is 7.37. The third-order valence-corrected chi connectivity index (χ3v) is 7.97. The van der Waals surface area contributed by atoms with E-state index < -0.39 is 5.60 Å². The van der Waals surface area contributed by atoms with Crippen LogP contribution in [0.2, 0.25) is 0 Å². The van der Waals surface area contributed by atoms with Crippen LogP contribution in [0.1, 0.15) is 56.6 Å². The summed E-state index contributed by atoms with van der Waals surface area (Å²) < 4.78 is 2.00. The Hall–Kier alpha value is -0.550. The van der Waals surface area contributed by atoms with Gasteiger partial charge in [0.25, 0.3) is 0 Å². The van der Waals surface area contributed by atoms with Crippen molar-refractivity contribution in [3.05, 3.63) is 39.5 Å². The SMILES string of the molecule is C[C@@H]1Cc2cc(O)ccc2[C@H]2CC[C@@]3(C)[C@@H](CC[C@@]3(O)/C=C\I)[C@H]12. The van der Waals surface area contributed by atoms with E-state index in [0.29, 0.717) is 29.4 Å². The van der Waals surface area contributed by atoms with Gasteiger partial charge in [0, 0.05) is 5.41 Å². The summed E-state index contributed by atoms with van der Waals surface area (Å²) in [4.78, 5) is 0. The fourth-order valence-electron chi connectivity index (χ4n) is 6.40. The maximum Gasteiger partial charge on any atom is 0.115 e. The van der Waals surface area contributed by atoms with Gasteiger partial charge in [0.1, 0.15) is 5.75 Å². The summed E-state index contributed by atoms with van der Waals surface area (Å²) in [6, 6.07) is 5.98. The van der Waals surface area contributed by atoms with Crippen molar-refractivity contribution in [2.75, 3.05) is 0 Å². The largest absolute Gasteiger partial charge is 0.508 e. The Balaban J connectivity index is 1.75. The van der Waals surface area contributed by atoms with E-state index in [-0.39, 0.29) is 5.41 Å². The van der Waals surface area contributed by atoms with Crippen molar-refractivity contribution in [2.24, 2.45) is 23.2 Å². The van der Waals surface area contributed by atoms with E-state index in [4.69, 9.17) is 0 Å². The molecule has 2 fully saturated rings. The maximum absolute atomic E-state index is 11.3. The van der Waals surface area contributed by atoms with Crippen LogP contribution in [0.3, 0.4) is 0 Å². The topological polar surface area (TPSA) is 40.5 Å². The minimum Gasteiger partial charge on any atom is -0.508 e. The average molecular weight is 438 g/mol. The number of hydrogen-bond acceptors (Lipinski definition) is 2. The monoisotopic (exact) mass is 438 g/mol. The quantitative estimate of drug-likeness (QED) is 0.594. The maximum atomic E-state index is 11.3. The molecule has 0 aromatic heterocycles. The van der Waals surface area contributed by atoms with Crippen molar-refractivity contribution in [2.45, 2.75) is 57.5 Å². The van der Waals surface area contributed by atoms with Crippen molar-refractivity contribution in [1.29, 1.82) is 0 Å². The summed E-state index contributed by atoms with van der Waals surface area (Å²) in [6.45, 7) is 4.71. The molecule has 0 saturated heterocycles. The molecule has 3 aliphatic carbocycles. The first-order valence-corrected chi connectivity index (χ1v) is 10.5. The van der Waals surface area contributed by atoms with E-state index in [1.165, 1.54) is 11.1 Å². The second-order valence-electron chi connectivity index (χ2n) is 8.57. The van der Waals surface area contributed by atoms with Gasteiger partial charge in [-0.3, -0.25) is 0 Å². The number of halogens is 1. The molecule has 0 heterocycles. The van der Waals surface area contributed by atoms with E-state index in [1.807, 2.05) is 22.3 Å². The van der Waals surface area contributed by atoms with Crippen LogP contribution in [0.15, 0.2) is 28.4 Å².